The monoisotopic (exact) mass is 383 g/mol. The van der Waals surface area contributed by atoms with Crippen LogP contribution in [0.15, 0.2) is 47.5 Å². The fraction of sp³-hybridized carbons (Fsp3) is 0.250. The molecule has 6 nitrogen and oxygen atoms in total. The summed E-state index contributed by atoms with van der Waals surface area (Å²) in [6.45, 7) is 3.94. The average molecular weight is 383 g/mol. The predicted molar refractivity (Wildman–Crippen MR) is 109 cm³/mol. The molecule has 7 heteroatoms. The van der Waals surface area contributed by atoms with Crippen molar-refractivity contribution < 1.29 is 14.3 Å². The summed E-state index contributed by atoms with van der Waals surface area (Å²) >= 11 is 1.25. The van der Waals surface area contributed by atoms with Crippen molar-refractivity contribution in [2.24, 2.45) is 4.99 Å². The molecule has 1 aliphatic rings. The Morgan fingerprint density at radius 2 is 2.04 bits per heavy atom. The minimum Gasteiger partial charge on any atom is -0.494 e. The number of nitrogens with one attached hydrogen (secondary N) is 2. The quantitative estimate of drug-likeness (QED) is 0.827. The third kappa shape index (κ3) is 4.68. The first-order chi connectivity index (χ1) is 13.0. The lowest BCUT2D eigenvalue weighted by Gasteiger charge is -2.10. The van der Waals surface area contributed by atoms with Crippen LogP contribution in [0.2, 0.25) is 0 Å². The molecule has 0 bridgehead atoms. The summed E-state index contributed by atoms with van der Waals surface area (Å²) in [5.41, 5.74) is 3.51. The molecule has 1 saturated heterocycles. The first kappa shape index (κ1) is 19.0. The van der Waals surface area contributed by atoms with Gasteiger partial charge in [0.1, 0.15) is 16.7 Å². The van der Waals surface area contributed by atoms with Crippen LogP contribution < -0.4 is 15.4 Å². The van der Waals surface area contributed by atoms with E-state index in [1.165, 1.54) is 11.8 Å². The van der Waals surface area contributed by atoms with Crippen molar-refractivity contribution in [2.75, 3.05) is 12.4 Å². The summed E-state index contributed by atoms with van der Waals surface area (Å²) in [5, 5.41) is 5.56. The van der Waals surface area contributed by atoms with Crippen LogP contribution in [0.3, 0.4) is 0 Å². The molecule has 1 fully saturated rings. The lowest BCUT2D eigenvalue weighted by molar-refractivity contribution is -0.122. The van der Waals surface area contributed by atoms with Crippen LogP contribution in [0.1, 0.15) is 17.5 Å². The second-order valence-electron chi connectivity index (χ2n) is 6.26. The van der Waals surface area contributed by atoms with E-state index in [0.29, 0.717) is 16.6 Å². The zero-order valence-corrected chi connectivity index (χ0v) is 16.2. The van der Waals surface area contributed by atoms with Crippen LogP contribution in [0, 0.1) is 13.8 Å². The molecule has 1 heterocycles. The highest BCUT2D eigenvalue weighted by atomic mass is 32.2. The van der Waals surface area contributed by atoms with Crippen molar-refractivity contribution in [2.45, 2.75) is 25.5 Å². The number of para-hydroxylation sites is 2. The van der Waals surface area contributed by atoms with Crippen molar-refractivity contribution in [1.82, 2.24) is 5.32 Å². The van der Waals surface area contributed by atoms with Crippen LogP contribution in [0.25, 0.3) is 0 Å². The largest absolute Gasteiger partial charge is 0.494 e. The van der Waals surface area contributed by atoms with Crippen LogP contribution in [-0.4, -0.2) is 29.3 Å². The zero-order valence-electron chi connectivity index (χ0n) is 15.4. The molecular formula is C20H21N3O3S. The Labute approximate surface area is 162 Å². The second-order valence-corrected chi connectivity index (χ2v) is 7.45. The van der Waals surface area contributed by atoms with Crippen molar-refractivity contribution in [3.05, 3.63) is 53.6 Å². The molecule has 0 spiro atoms. The van der Waals surface area contributed by atoms with E-state index >= 15 is 0 Å². The van der Waals surface area contributed by atoms with E-state index in [2.05, 4.69) is 15.6 Å². The highest BCUT2D eigenvalue weighted by Crippen LogP contribution is 2.30. The number of aliphatic imine (C=N–C) groups is 1. The van der Waals surface area contributed by atoms with E-state index in [-0.39, 0.29) is 18.2 Å². The number of aryl methyl sites for hydroxylation is 2. The summed E-state index contributed by atoms with van der Waals surface area (Å²) in [5.74, 6) is 0.202. The SMILES string of the molecule is COc1ccccc1N=C1NC(=O)[C@H](CC(=O)Nc2ccc(C)cc2C)S1. The summed E-state index contributed by atoms with van der Waals surface area (Å²) in [6.07, 6.45) is 0.0781. The molecule has 2 aromatic rings. The van der Waals surface area contributed by atoms with E-state index in [9.17, 15) is 9.59 Å². The number of nitrogens with zero attached hydrogens (tertiary/aromatic N) is 1. The smallest absolute Gasteiger partial charge is 0.240 e. The van der Waals surface area contributed by atoms with Crippen LogP contribution in [-0.2, 0) is 9.59 Å². The van der Waals surface area contributed by atoms with Crippen LogP contribution >= 0.6 is 11.8 Å². The van der Waals surface area contributed by atoms with E-state index in [1.54, 1.807) is 19.2 Å². The Bertz CT molecular complexity index is 911. The van der Waals surface area contributed by atoms with Gasteiger partial charge in [-0.05, 0) is 37.6 Å². The molecule has 0 radical (unpaired) electrons. The van der Waals surface area contributed by atoms with Crippen molar-refractivity contribution in [1.29, 1.82) is 0 Å². The fourth-order valence-corrected chi connectivity index (χ4v) is 3.73. The normalized spacial score (nSPS) is 17.7. The summed E-state index contributed by atoms with van der Waals surface area (Å²) < 4.78 is 5.27. The van der Waals surface area contributed by atoms with Gasteiger partial charge in [-0.25, -0.2) is 4.99 Å². The van der Waals surface area contributed by atoms with E-state index in [1.807, 2.05) is 44.2 Å². The maximum Gasteiger partial charge on any atom is 0.240 e. The maximum atomic E-state index is 12.4. The Morgan fingerprint density at radius 3 is 2.78 bits per heavy atom. The first-order valence-electron chi connectivity index (χ1n) is 8.52. The van der Waals surface area contributed by atoms with E-state index in [0.717, 1.165) is 16.8 Å². The number of methoxy groups -OCH3 is 1. The Morgan fingerprint density at radius 1 is 1.26 bits per heavy atom. The van der Waals surface area contributed by atoms with Gasteiger partial charge in [0.15, 0.2) is 5.17 Å². The van der Waals surface area contributed by atoms with Gasteiger partial charge in [0, 0.05) is 12.1 Å². The number of ether oxygens (including phenoxy) is 1. The lowest BCUT2D eigenvalue weighted by Crippen LogP contribution is -2.28. The van der Waals surface area contributed by atoms with Gasteiger partial charge in [-0.3, -0.25) is 9.59 Å². The Kier molecular flexibility index (Phi) is 5.81. The molecule has 0 unspecified atom stereocenters. The highest BCUT2D eigenvalue weighted by molar-refractivity contribution is 8.15. The first-order valence-corrected chi connectivity index (χ1v) is 9.40. The summed E-state index contributed by atoms with van der Waals surface area (Å²) in [7, 11) is 1.57. The van der Waals surface area contributed by atoms with Gasteiger partial charge in [0.25, 0.3) is 0 Å². The minimum atomic E-state index is -0.510. The van der Waals surface area contributed by atoms with Crippen molar-refractivity contribution >= 4 is 40.1 Å². The molecule has 2 amide bonds. The number of amidine groups is 1. The number of anilines is 1. The Hall–Kier alpha value is -2.80. The standard InChI is InChI=1S/C20H21N3O3S/c1-12-8-9-14(13(2)10-12)21-18(24)11-17-19(25)23-20(27-17)22-15-6-4-5-7-16(15)26-3/h4-10,17H,11H2,1-3H3,(H,21,24)(H,22,23,25)/t17-/m0/s1. The number of rotatable bonds is 5. The van der Waals surface area contributed by atoms with Gasteiger partial charge >= 0.3 is 0 Å². The van der Waals surface area contributed by atoms with E-state index in [4.69, 9.17) is 4.74 Å². The number of carbonyl (C=O) groups excluding carboxylic acids is 2. The molecule has 2 N–H and O–H groups in total. The second kappa shape index (κ2) is 8.26. The van der Waals surface area contributed by atoms with Gasteiger partial charge in [0.2, 0.25) is 11.8 Å². The summed E-state index contributed by atoms with van der Waals surface area (Å²) in [6, 6.07) is 13.1. The van der Waals surface area contributed by atoms with Crippen LogP contribution in [0.5, 0.6) is 5.75 Å². The molecule has 0 aromatic heterocycles. The molecule has 140 valence electrons. The molecule has 1 aliphatic heterocycles. The zero-order chi connectivity index (χ0) is 19.4. The van der Waals surface area contributed by atoms with Gasteiger partial charge in [0.05, 0.1) is 7.11 Å². The minimum absolute atomic E-state index is 0.0781. The topological polar surface area (TPSA) is 79.8 Å². The third-order valence-corrected chi connectivity index (χ3v) is 5.19. The number of carbonyl (C=O) groups is 2. The highest BCUT2D eigenvalue weighted by Gasteiger charge is 2.32. The lowest BCUT2D eigenvalue weighted by atomic mass is 10.1. The number of hydrogen-bond donors (Lipinski definition) is 2. The maximum absolute atomic E-state index is 12.4. The van der Waals surface area contributed by atoms with Gasteiger partial charge in [-0.1, -0.05) is 41.6 Å². The van der Waals surface area contributed by atoms with E-state index < -0.39 is 5.25 Å². The molecule has 0 aliphatic carbocycles. The molecular weight excluding hydrogens is 362 g/mol. The number of amides is 2. The number of thioether (sulfide) groups is 1. The molecule has 27 heavy (non-hydrogen) atoms. The van der Waals surface area contributed by atoms with Crippen molar-refractivity contribution in [3.63, 3.8) is 0 Å². The molecule has 3 rings (SSSR count). The van der Waals surface area contributed by atoms with Gasteiger partial charge in [-0.2, -0.15) is 0 Å². The third-order valence-electron chi connectivity index (χ3n) is 4.11. The van der Waals surface area contributed by atoms with Crippen LogP contribution in [0.4, 0.5) is 11.4 Å². The average Bonchev–Trinajstić information content (AvgIpc) is 2.97. The Balaban J connectivity index is 1.65. The molecule has 2 aromatic carbocycles. The van der Waals surface area contributed by atoms with Gasteiger partial charge in [-0.15, -0.1) is 0 Å². The number of benzene rings is 2. The molecule has 1 atom stereocenters. The fourth-order valence-electron chi connectivity index (χ4n) is 2.75. The number of hydrogen-bond acceptors (Lipinski definition) is 5. The summed E-state index contributed by atoms with van der Waals surface area (Å²) in [4.78, 5) is 29.0. The predicted octanol–water partition coefficient (Wildman–Crippen LogP) is 3.56. The van der Waals surface area contributed by atoms with Crippen molar-refractivity contribution in [3.8, 4) is 5.75 Å². The molecule has 0 saturated carbocycles. The van der Waals surface area contributed by atoms with Gasteiger partial charge < -0.3 is 15.4 Å².